The first-order valence-corrected chi connectivity index (χ1v) is 9.74. The topological polar surface area (TPSA) is 84.1 Å². The van der Waals surface area contributed by atoms with E-state index in [9.17, 15) is 4.79 Å². The molecule has 0 bridgehead atoms. The Morgan fingerprint density at radius 2 is 2.00 bits per heavy atom. The molecule has 0 radical (unpaired) electrons. The van der Waals surface area contributed by atoms with Crippen LogP contribution in [0.5, 0.6) is 0 Å². The van der Waals surface area contributed by atoms with Crippen LogP contribution in [0.1, 0.15) is 27.2 Å². The molecule has 0 fully saturated rings. The predicted octanol–water partition coefficient (Wildman–Crippen LogP) is 3.24. The largest absolute Gasteiger partial charge is 0.368 e. The lowest BCUT2D eigenvalue weighted by molar-refractivity contribution is 0.0956. The van der Waals surface area contributed by atoms with Crippen LogP contribution in [0.15, 0.2) is 24.3 Å². The molecule has 0 atom stereocenters. The number of carbonyl (C=O) groups excluding carboxylic acids is 1. The Bertz CT molecular complexity index is 980. The third-order valence-corrected chi connectivity index (χ3v) is 5.37. The molecule has 0 saturated heterocycles. The van der Waals surface area contributed by atoms with Crippen LogP contribution in [-0.2, 0) is 0 Å². The maximum Gasteiger partial charge on any atom is 0.261 e. The Labute approximate surface area is 163 Å². The highest BCUT2D eigenvalue weighted by Crippen LogP contribution is 2.34. The minimum absolute atomic E-state index is 0.0816. The summed E-state index contributed by atoms with van der Waals surface area (Å²) in [6.07, 6.45) is 0.907. The van der Waals surface area contributed by atoms with Gasteiger partial charge in [0.2, 0.25) is 5.95 Å². The van der Waals surface area contributed by atoms with Crippen LogP contribution >= 0.6 is 11.3 Å². The fourth-order valence-corrected chi connectivity index (χ4v) is 3.97. The molecule has 3 aromatic rings. The summed E-state index contributed by atoms with van der Waals surface area (Å²) < 4.78 is 0. The van der Waals surface area contributed by atoms with E-state index in [-0.39, 0.29) is 11.9 Å². The number of amides is 1. The van der Waals surface area contributed by atoms with Crippen LogP contribution < -0.4 is 11.1 Å². The number of carbonyl (C=O) groups is 1. The minimum atomic E-state index is -0.0816. The highest BCUT2D eigenvalue weighted by Gasteiger charge is 2.17. The molecule has 0 aliphatic rings. The Hall–Kier alpha value is -2.51. The van der Waals surface area contributed by atoms with Crippen molar-refractivity contribution in [3.05, 3.63) is 40.3 Å². The van der Waals surface area contributed by atoms with Gasteiger partial charge in [0, 0.05) is 17.5 Å². The molecule has 2 heterocycles. The summed E-state index contributed by atoms with van der Waals surface area (Å²) in [6.45, 7) is 5.69. The van der Waals surface area contributed by atoms with Crippen molar-refractivity contribution in [3.63, 3.8) is 0 Å². The molecule has 1 aromatic carbocycles. The van der Waals surface area contributed by atoms with Gasteiger partial charge in [-0.3, -0.25) is 4.79 Å². The van der Waals surface area contributed by atoms with E-state index in [2.05, 4.69) is 46.2 Å². The van der Waals surface area contributed by atoms with Gasteiger partial charge in [0.25, 0.3) is 5.91 Å². The number of fused-ring (bicyclic) bond motifs is 1. The monoisotopic (exact) mass is 383 g/mol. The Balaban J connectivity index is 1.92. The fraction of sp³-hybridized carbons (Fsp3) is 0.350. The van der Waals surface area contributed by atoms with Crippen molar-refractivity contribution < 1.29 is 4.79 Å². The second-order valence-electron chi connectivity index (χ2n) is 6.99. The smallest absolute Gasteiger partial charge is 0.261 e. The van der Waals surface area contributed by atoms with Gasteiger partial charge in [0.15, 0.2) is 0 Å². The number of rotatable bonds is 6. The van der Waals surface area contributed by atoms with E-state index >= 15 is 0 Å². The Morgan fingerprint density at radius 3 is 2.70 bits per heavy atom. The maximum absolute atomic E-state index is 12.5. The number of nitrogen functional groups attached to an aromatic ring is 1. The first-order valence-electron chi connectivity index (χ1n) is 8.93. The number of anilines is 1. The SMILES string of the molecule is Cc1ccc(-c2nc(N)nc3sc(C(=O)NCCCN(C)C)cc23)c(C)c1. The van der Waals surface area contributed by atoms with Crippen molar-refractivity contribution in [2.75, 3.05) is 32.9 Å². The van der Waals surface area contributed by atoms with Crippen LogP contribution in [-0.4, -0.2) is 48.0 Å². The zero-order valence-electron chi connectivity index (χ0n) is 16.2. The minimum Gasteiger partial charge on any atom is -0.368 e. The van der Waals surface area contributed by atoms with Gasteiger partial charge in [-0.2, -0.15) is 0 Å². The summed E-state index contributed by atoms with van der Waals surface area (Å²) >= 11 is 1.35. The molecule has 6 nitrogen and oxygen atoms in total. The molecule has 2 aromatic heterocycles. The molecular formula is C20H25N5OS. The molecule has 142 valence electrons. The third-order valence-electron chi connectivity index (χ3n) is 4.34. The molecule has 0 aliphatic heterocycles. The van der Waals surface area contributed by atoms with E-state index in [0.29, 0.717) is 11.4 Å². The van der Waals surface area contributed by atoms with Gasteiger partial charge in [0.05, 0.1) is 10.6 Å². The standard InChI is InChI=1S/C20H25N5OS/c1-12-6-7-14(13(2)10-12)17-15-11-16(27-19(15)24-20(21)23-17)18(26)22-8-5-9-25(3)4/h6-7,10-11H,5,8-9H2,1-4H3,(H,22,26)(H2,21,23,24). The lowest BCUT2D eigenvalue weighted by Crippen LogP contribution is -2.26. The molecule has 3 N–H and O–H groups in total. The molecule has 0 unspecified atom stereocenters. The molecule has 1 amide bonds. The van der Waals surface area contributed by atoms with Crippen LogP contribution in [0.4, 0.5) is 5.95 Å². The zero-order valence-corrected chi connectivity index (χ0v) is 17.0. The van der Waals surface area contributed by atoms with E-state index in [1.54, 1.807) is 0 Å². The van der Waals surface area contributed by atoms with Crippen LogP contribution in [0.3, 0.4) is 0 Å². The van der Waals surface area contributed by atoms with E-state index in [1.807, 2.05) is 26.2 Å². The number of hydrogen-bond donors (Lipinski definition) is 2. The molecule has 0 aliphatic carbocycles. The van der Waals surface area contributed by atoms with Crippen molar-refractivity contribution in [1.29, 1.82) is 0 Å². The lowest BCUT2D eigenvalue weighted by atomic mass is 10.0. The van der Waals surface area contributed by atoms with E-state index < -0.39 is 0 Å². The highest BCUT2D eigenvalue weighted by atomic mass is 32.1. The van der Waals surface area contributed by atoms with Gasteiger partial charge >= 0.3 is 0 Å². The van der Waals surface area contributed by atoms with E-state index in [1.165, 1.54) is 16.9 Å². The number of nitrogens with two attached hydrogens (primary N) is 1. The zero-order chi connectivity index (χ0) is 19.6. The number of aromatic nitrogens is 2. The normalized spacial score (nSPS) is 11.3. The second kappa shape index (κ2) is 8.02. The summed E-state index contributed by atoms with van der Waals surface area (Å²) in [6, 6.07) is 8.08. The molecule has 0 spiro atoms. The Morgan fingerprint density at radius 1 is 1.22 bits per heavy atom. The molecule has 3 rings (SSSR count). The van der Waals surface area contributed by atoms with Crippen LogP contribution in [0, 0.1) is 13.8 Å². The van der Waals surface area contributed by atoms with Gasteiger partial charge in [-0.05, 0) is 52.5 Å². The lowest BCUT2D eigenvalue weighted by Gasteiger charge is -2.09. The maximum atomic E-state index is 12.5. The molecule has 0 saturated carbocycles. The summed E-state index contributed by atoms with van der Waals surface area (Å²) in [5.74, 6) is 0.138. The fourth-order valence-electron chi connectivity index (χ4n) is 3.02. The highest BCUT2D eigenvalue weighted by molar-refractivity contribution is 7.20. The van der Waals surface area contributed by atoms with Gasteiger partial charge in [-0.1, -0.05) is 23.8 Å². The van der Waals surface area contributed by atoms with Crippen molar-refractivity contribution in [2.24, 2.45) is 0 Å². The van der Waals surface area contributed by atoms with Gasteiger partial charge in [-0.25, -0.2) is 9.97 Å². The second-order valence-corrected chi connectivity index (χ2v) is 8.02. The Kier molecular flexibility index (Phi) is 5.72. The summed E-state index contributed by atoms with van der Waals surface area (Å²) in [5, 5.41) is 3.83. The predicted molar refractivity (Wildman–Crippen MR) is 112 cm³/mol. The van der Waals surface area contributed by atoms with Crippen molar-refractivity contribution in [2.45, 2.75) is 20.3 Å². The molecular weight excluding hydrogens is 358 g/mol. The van der Waals surface area contributed by atoms with E-state index in [4.69, 9.17) is 5.73 Å². The quantitative estimate of drug-likeness (QED) is 0.639. The van der Waals surface area contributed by atoms with Crippen LogP contribution in [0.2, 0.25) is 0 Å². The number of hydrogen-bond acceptors (Lipinski definition) is 6. The van der Waals surface area contributed by atoms with E-state index in [0.717, 1.165) is 40.0 Å². The first kappa shape index (κ1) is 19.3. The van der Waals surface area contributed by atoms with Crippen LogP contribution in [0.25, 0.3) is 21.5 Å². The van der Waals surface area contributed by atoms with Gasteiger partial charge < -0.3 is 16.0 Å². The number of benzene rings is 1. The van der Waals surface area contributed by atoms with Gasteiger partial charge in [-0.15, -0.1) is 11.3 Å². The van der Waals surface area contributed by atoms with Crippen molar-refractivity contribution >= 4 is 33.4 Å². The summed E-state index contributed by atoms with van der Waals surface area (Å²) in [4.78, 5) is 24.8. The van der Waals surface area contributed by atoms with Crippen molar-refractivity contribution in [1.82, 2.24) is 20.2 Å². The number of nitrogens with one attached hydrogen (secondary N) is 1. The van der Waals surface area contributed by atoms with Crippen molar-refractivity contribution in [3.8, 4) is 11.3 Å². The average Bonchev–Trinajstić information content (AvgIpc) is 3.02. The number of aryl methyl sites for hydroxylation is 2. The summed E-state index contributed by atoms with van der Waals surface area (Å²) in [5.41, 5.74) is 10.0. The third kappa shape index (κ3) is 4.43. The number of nitrogens with zero attached hydrogens (tertiary/aromatic N) is 3. The average molecular weight is 384 g/mol. The first-order chi connectivity index (χ1) is 12.8. The molecule has 7 heteroatoms. The number of thiophene rings is 1. The molecule has 27 heavy (non-hydrogen) atoms. The summed E-state index contributed by atoms with van der Waals surface area (Å²) in [7, 11) is 4.04. The van der Waals surface area contributed by atoms with Gasteiger partial charge in [0.1, 0.15) is 4.83 Å².